The number of nitrogens with zero attached hydrogens (tertiary/aromatic N) is 1. The average molecular weight is 625 g/mol. The molecule has 10 nitrogen and oxygen atoms in total. The van der Waals surface area contributed by atoms with Crippen molar-refractivity contribution in [2.45, 2.75) is 42.7 Å². The van der Waals surface area contributed by atoms with Crippen molar-refractivity contribution < 1.29 is 36.8 Å². The van der Waals surface area contributed by atoms with Gasteiger partial charge in [0, 0.05) is 18.2 Å². The minimum atomic E-state index is -4.02. The van der Waals surface area contributed by atoms with Gasteiger partial charge < -0.3 is 15.2 Å². The largest absolute Gasteiger partial charge is 0.461 e. The molecule has 0 saturated carbocycles. The number of hydrogen-bond acceptors (Lipinski definition) is 9. The molecule has 2 heterocycles. The van der Waals surface area contributed by atoms with Gasteiger partial charge in [0.25, 0.3) is 16.0 Å². The van der Waals surface area contributed by atoms with Crippen LogP contribution in [-0.2, 0) is 34.0 Å². The normalized spacial score (nSPS) is 19.5. The summed E-state index contributed by atoms with van der Waals surface area (Å²) < 4.78 is 40.7. The molecule has 1 amide bonds. The number of amides is 1. The van der Waals surface area contributed by atoms with Crippen molar-refractivity contribution in [3.8, 4) is 0 Å². The summed E-state index contributed by atoms with van der Waals surface area (Å²) in [5.41, 5.74) is 8.28. The molecule has 0 unspecified atom stereocenters. The zero-order valence-electron chi connectivity index (χ0n) is 23.8. The molecule has 3 aromatic carbocycles. The highest BCUT2D eigenvalue weighted by molar-refractivity contribution is 8.00. The van der Waals surface area contributed by atoms with E-state index in [1.807, 2.05) is 67.6 Å². The van der Waals surface area contributed by atoms with Gasteiger partial charge in [-0.15, -0.1) is 11.8 Å². The maximum atomic E-state index is 13.5. The third-order valence-corrected chi connectivity index (χ3v) is 9.21. The number of nitrogens with two attached hydrogens (primary N) is 1. The van der Waals surface area contributed by atoms with Crippen molar-refractivity contribution >= 4 is 39.7 Å². The number of rotatable bonds is 7. The lowest BCUT2D eigenvalue weighted by Crippen LogP contribution is -2.76. The molecule has 0 aliphatic carbocycles. The molecule has 12 heteroatoms. The molecule has 0 radical (unpaired) electrons. The molecule has 2 atom stereocenters. The number of carbonyl (C=O) groups excluding carboxylic acids is 3. The van der Waals surface area contributed by atoms with Crippen molar-refractivity contribution in [3.05, 3.63) is 113 Å². The highest BCUT2D eigenvalue weighted by Crippen LogP contribution is 2.45. The molecule has 226 valence electrons. The minimum absolute atomic E-state index is 0.0666. The summed E-state index contributed by atoms with van der Waals surface area (Å²) in [6, 6.07) is 24.8. The number of aryl methyl sites for hydroxylation is 1. The van der Waals surface area contributed by atoms with Crippen LogP contribution in [0.4, 0.5) is 0 Å². The zero-order valence-corrected chi connectivity index (χ0v) is 25.4. The lowest BCUT2D eigenvalue weighted by molar-refractivity contribution is -0.157. The fraction of sp³-hybridized carbons (Fsp3) is 0.258. The van der Waals surface area contributed by atoms with Crippen molar-refractivity contribution in [1.29, 1.82) is 0 Å². The molecule has 2 aliphatic rings. The Bertz CT molecular complexity index is 1580. The Morgan fingerprint density at radius 1 is 1.02 bits per heavy atom. The standard InChI is InChI=1S/C24H24N2O5S.C7H8O3S/c1-15(27)30-13-18-14-32-23-24(2,25)22(29)26(23)19(18)21(28)31-20(16-9-5-3-6-10-16)17-11-7-4-8-12-17;1-6-2-4-7(5-3-6)11(8,9)10/h3-12,20,23H,13-14,25H2,1-2H3;2-5H,1H3,(H,8,9,10)/t23-,24-;/m1./s1. The van der Waals surface area contributed by atoms with Crippen LogP contribution in [0.1, 0.15) is 36.6 Å². The van der Waals surface area contributed by atoms with Crippen LogP contribution in [0.2, 0.25) is 0 Å². The topological polar surface area (TPSA) is 153 Å². The number of esters is 2. The van der Waals surface area contributed by atoms with Crippen LogP contribution in [0.15, 0.2) is 101 Å². The summed E-state index contributed by atoms with van der Waals surface area (Å²) in [7, 11) is -4.02. The molecule has 3 aromatic rings. The molecule has 0 bridgehead atoms. The second-order valence-electron chi connectivity index (χ2n) is 10.2. The van der Waals surface area contributed by atoms with E-state index in [1.54, 1.807) is 19.1 Å². The monoisotopic (exact) mass is 624 g/mol. The Balaban J connectivity index is 0.000000324. The lowest BCUT2D eigenvalue weighted by atomic mass is 9.89. The highest BCUT2D eigenvalue weighted by atomic mass is 32.2. The fourth-order valence-corrected chi connectivity index (χ4v) is 6.41. The van der Waals surface area contributed by atoms with Crippen LogP contribution >= 0.6 is 11.8 Å². The van der Waals surface area contributed by atoms with E-state index in [9.17, 15) is 22.8 Å². The summed E-state index contributed by atoms with van der Waals surface area (Å²) in [5, 5.41) is -0.384. The first kappa shape index (κ1) is 32.0. The smallest absolute Gasteiger partial charge is 0.356 e. The van der Waals surface area contributed by atoms with Gasteiger partial charge in [0.1, 0.15) is 23.2 Å². The molecule has 43 heavy (non-hydrogen) atoms. The van der Waals surface area contributed by atoms with Gasteiger partial charge in [0.05, 0.1) is 4.90 Å². The summed E-state index contributed by atoms with van der Waals surface area (Å²) in [6.07, 6.45) is -0.666. The van der Waals surface area contributed by atoms with E-state index in [0.29, 0.717) is 11.3 Å². The van der Waals surface area contributed by atoms with Crippen LogP contribution < -0.4 is 5.73 Å². The van der Waals surface area contributed by atoms with Crippen LogP contribution in [0, 0.1) is 6.92 Å². The number of thioether (sulfide) groups is 1. The third-order valence-electron chi connectivity index (χ3n) is 6.81. The number of hydrogen-bond donors (Lipinski definition) is 2. The Kier molecular flexibility index (Phi) is 9.75. The molecule has 0 spiro atoms. The third kappa shape index (κ3) is 7.34. The predicted octanol–water partition coefficient (Wildman–Crippen LogP) is 4.01. The maximum absolute atomic E-state index is 13.5. The molecule has 3 N–H and O–H groups in total. The van der Waals surface area contributed by atoms with Gasteiger partial charge in [-0.25, -0.2) is 4.79 Å². The zero-order chi connectivity index (χ0) is 31.4. The number of β-lactam (4-membered cyclic amide) rings is 1. The predicted molar refractivity (Wildman–Crippen MR) is 161 cm³/mol. The number of carbonyl (C=O) groups is 3. The van der Waals surface area contributed by atoms with Crippen molar-refractivity contribution in [1.82, 2.24) is 4.90 Å². The van der Waals surface area contributed by atoms with Gasteiger partial charge in [-0.3, -0.25) is 19.0 Å². The first-order valence-electron chi connectivity index (χ1n) is 13.2. The first-order chi connectivity index (χ1) is 20.3. The van der Waals surface area contributed by atoms with Crippen LogP contribution in [0.25, 0.3) is 0 Å². The summed E-state index contributed by atoms with van der Waals surface area (Å²) in [4.78, 5) is 39.0. The molecule has 5 rings (SSSR count). The van der Waals surface area contributed by atoms with Gasteiger partial charge in [0.15, 0.2) is 6.10 Å². The quantitative estimate of drug-likeness (QED) is 0.224. The molecule has 1 fully saturated rings. The highest BCUT2D eigenvalue weighted by Gasteiger charge is 2.60. The number of ether oxygens (including phenoxy) is 2. The van der Waals surface area contributed by atoms with Crippen LogP contribution in [0.3, 0.4) is 0 Å². The van der Waals surface area contributed by atoms with E-state index in [1.165, 1.54) is 35.7 Å². The Labute approximate surface area is 254 Å². The Morgan fingerprint density at radius 3 is 2.05 bits per heavy atom. The van der Waals surface area contributed by atoms with Crippen LogP contribution in [-0.4, -0.2) is 59.0 Å². The maximum Gasteiger partial charge on any atom is 0.356 e. The van der Waals surface area contributed by atoms with Crippen LogP contribution in [0.5, 0.6) is 0 Å². The van der Waals surface area contributed by atoms with Gasteiger partial charge in [-0.1, -0.05) is 78.4 Å². The Morgan fingerprint density at radius 2 is 1.56 bits per heavy atom. The van der Waals surface area contributed by atoms with E-state index in [4.69, 9.17) is 19.8 Å². The van der Waals surface area contributed by atoms with E-state index in [2.05, 4.69) is 0 Å². The second-order valence-corrected chi connectivity index (χ2v) is 12.7. The van der Waals surface area contributed by atoms with Crippen molar-refractivity contribution in [3.63, 3.8) is 0 Å². The summed E-state index contributed by atoms with van der Waals surface area (Å²) >= 11 is 1.44. The molecule has 0 aromatic heterocycles. The molecule has 1 saturated heterocycles. The summed E-state index contributed by atoms with van der Waals surface area (Å²) in [6.45, 7) is 4.70. The van der Waals surface area contributed by atoms with E-state index >= 15 is 0 Å². The summed E-state index contributed by atoms with van der Waals surface area (Å²) in [5.74, 6) is -1.08. The average Bonchev–Trinajstić information content (AvgIpc) is 2.99. The SMILES string of the molecule is CC(=O)OCC1=C(C(=O)OC(c2ccccc2)c2ccccc2)N2C(=O)[C@@](C)(N)[C@H]2SC1.Cc1ccc(S(=O)(=O)O)cc1. The minimum Gasteiger partial charge on any atom is -0.461 e. The van der Waals surface area contributed by atoms with E-state index in [-0.39, 0.29) is 28.5 Å². The molecular formula is C31H32N2O8S2. The molecule has 2 aliphatic heterocycles. The van der Waals surface area contributed by atoms with Gasteiger partial charge in [-0.05, 0) is 37.1 Å². The second kappa shape index (κ2) is 13.1. The van der Waals surface area contributed by atoms with Crippen molar-refractivity contribution in [2.75, 3.05) is 12.4 Å². The number of benzene rings is 3. The molecular weight excluding hydrogens is 592 g/mol. The van der Waals surface area contributed by atoms with Gasteiger partial charge >= 0.3 is 11.9 Å². The van der Waals surface area contributed by atoms with E-state index in [0.717, 1.165) is 16.7 Å². The van der Waals surface area contributed by atoms with E-state index < -0.39 is 33.7 Å². The fourth-order valence-electron chi connectivity index (χ4n) is 4.56. The number of fused-ring (bicyclic) bond motifs is 1. The van der Waals surface area contributed by atoms with Gasteiger partial charge in [-0.2, -0.15) is 8.42 Å². The first-order valence-corrected chi connectivity index (χ1v) is 15.7. The van der Waals surface area contributed by atoms with Crippen molar-refractivity contribution in [2.24, 2.45) is 5.73 Å². The van der Waals surface area contributed by atoms with Gasteiger partial charge in [0.2, 0.25) is 0 Å². The Hall–Kier alpha value is -3.97. The lowest BCUT2D eigenvalue weighted by Gasteiger charge is -2.54.